The lowest BCUT2D eigenvalue weighted by Crippen LogP contribution is -2.38. The minimum Gasteiger partial charge on any atom is -0.337 e. The van der Waals surface area contributed by atoms with Crippen LogP contribution in [-0.2, 0) is 0 Å². The molecule has 1 aromatic carbocycles. The first-order valence-electron chi connectivity index (χ1n) is 6.33. The lowest BCUT2D eigenvalue weighted by molar-refractivity contribution is 0.237. The Labute approximate surface area is 113 Å². The van der Waals surface area contributed by atoms with Crippen molar-refractivity contribution in [1.82, 2.24) is 10.6 Å². The van der Waals surface area contributed by atoms with E-state index in [4.69, 9.17) is 11.6 Å². The van der Waals surface area contributed by atoms with Crippen LogP contribution < -0.4 is 10.6 Å². The number of urea groups is 1. The standard InChI is InChI=1S/C14H19ClN2O/c1-9-4-3-5-11-12(8-10(2)13(9)11)17-14(18)16-7-6-15/h3-5,10,12H,6-8H2,1-2H3,(H2,16,17,18). The first-order chi connectivity index (χ1) is 8.63. The molecule has 0 heterocycles. The molecule has 4 heteroatoms. The van der Waals surface area contributed by atoms with Gasteiger partial charge in [0, 0.05) is 12.4 Å². The maximum absolute atomic E-state index is 11.7. The van der Waals surface area contributed by atoms with Gasteiger partial charge >= 0.3 is 6.03 Å². The van der Waals surface area contributed by atoms with Crippen molar-refractivity contribution < 1.29 is 4.79 Å². The lowest BCUT2D eigenvalue weighted by atomic mass is 9.98. The Morgan fingerprint density at radius 2 is 2.28 bits per heavy atom. The fourth-order valence-electron chi connectivity index (χ4n) is 2.79. The molecule has 0 saturated heterocycles. The van der Waals surface area contributed by atoms with E-state index in [1.807, 2.05) is 0 Å². The molecule has 3 nitrogen and oxygen atoms in total. The number of hydrogen-bond acceptors (Lipinski definition) is 1. The molecule has 1 aliphatic carbocycles. The molecule has 0 fully saturated rings. The Morgan fingerprint density at radius 1 is 1.50 bits per heavy atom. The number of alkyl halides is 1. The number of nitrogens with one attached hydrogen (secondary N) is 2. The third-order valence-electron chi connectivity index (χ3n) is 3.50. The molecule has 18 heavy (non-hydrogen) atoms. The number of carbonyl (C=O) groups is 1. The highest BCUT2D eigenvalue weighted by molar-refractivity contribution is 6.18. The van der Waals surface area contributed by atoms with Crippen molar-refractivity contribution in [3.05, 3.63) is 34.9 Å². The van der Waals surface area contributed by atoms with Crippen LogP contribution in [0.25, 0.3) is 0 Å². The average Bonchev–Trinajstić information content (AvgIpc) is 2.65. The van der Waals surface area contributed by atoms with Gasteiger partial charge < -0.3 is 10.6 Å². The summed E-state index contributed by atoms with van der Waals surface area (Å²) >= 11 is 5.54. The fourth-order valence-corrected chi connectivity index (χ4v) is 2.88. The van der Waals surface area contributed by atoms with Crippen molar-refractivity contribution >= 4 is 17.6 Å². The quantitative estimate of drug-likeness (QED) is 0.811. The predicted molar refractivity (Wildman–Crippen MR) is 74.2 cm³/mol. The van der Waals surface area contributed by atoms with Crippen molar-refractivity contribution in [2.24, 2.45) is 0 Å². The molecule has 0 saturated carbocycles. The van der Waals surface area contributed by atoms with Crippen LogP contribution in [-0.4, -0.2) is 18.5 Å². The summed E-state index contributed by atoms with van der Waals surface area (Å²) in [6.07, 6.45) is 0.967. The van der Waals surface area contributed by atoms with Gasteiger partial charge in [0.05, 0.1) is 6.04 Å². The molecule has 2 atom stereocenters. The van der Waals surface area contributed by atoms with E-state index < -0.39 is 0 Å². The van der Waals surface area contributed by atoms with E-state index in [-0.39, 0.29) is 12.1 Å². The first-order valence-corrected chi connectivity index (χ1v) is 6.86. The molecule has 0 spiro atoms. The molecule has 2 rings (SSSR count). The summed E-state index contributed by atoms with van der Waals surface area (Å²) in [5.41, 5.74) is 3.95. The summed E-state index contributed by atoms with van der Waals surface area (Å²) < 4.78 is 0. The van der Waals surface area contributed by atoms with Crippen LogP contribution in [0.3, 0.4) is 0 Å². The molecule has 2 unspecified atom stereocenters. The van der Waals surface area contributed by atoms with Crippen LogP contribution in [0.4, 0.5) is 4.79 Å². The van der Waals surface area contributed by atoms with Crippen molar-refractivity contribution in [2.75, 3.05) is 12.4 Å². The molecule has 0 aromatic heterocycles. The molecular weight excluding hydrogens is 248 g/mol. The van der Waals surface area contributed by atoms with Gasteiger partial charge in [0.1, 0.15) is 0 Å². The first kappa shape index (κ1) is 13.2. The number of amides is 2. The van der Waals surface area contributed by atoms with Gasteiger partial charge in [0.2, 0.25) is 0 Å². The Morgan fingerprint density at radius 3 is 3.00 bits per heavy atom. The van der Waals surface area contributed by atoms with Crippen LogP contribution in [0.15, 0.2) is 18.2 Å². The van der Waals surface area contributed by atoms with Gasteiger partial charge in [-0.2, -0.15) is 0 Å². The second-order valence-corrected chi connectivity index (χ2v) is 5.23. The summed E-state index contributed by atoms with van der Waals surface area (Å²) in [7, 11) is 0. The predicted octanol–water partition coefficient (Wildman–Crippen LogP) is 3.08. The second-order valence-electron chi connectivity index (χ2n) is 4.86. The smallest absolute Gasteiger partial charge is 0.315 e. The average molecular weight is 267 g/mol. The van der Waals surface area contributed by atoms with Crippen LogP contribution in [0.5, 0.6) is 0 Å². The molecule has 0 bridgehead atoms. The summed E-state index contributed by atoms with van der Waals surface area (Å²) in [6, 6.07) is 6.27. The van der Waals surface area contributed by atoms with Gasteiger partial charge in [-0.3, -0.25) is 0 Å². The normalized spacial score (nSPS) is 21.5. The van der Waals surface area contributed by atoms with E-state index in [0.29, 0.717) is 18.3 Å². The molecule has 1 aromatic rings. The van der Waals surface area contributed by atoms with Gasteiger partial charge in [0.25, 0.3) is 0 Å². The van der Waals surface area contributed by atoms with Crippen LogP contribution in [0, 0.1) is 6.92 Å². The van der Waals surface area contributed by atoms with Gasteiger partial charge in [-0.05, 0) is 36.0 Å². The van der Waals surface area contributed by atoms with E-state index in [1.165, 1.54) is 16.7 Å². The molecule has 98 valence electrons. The summed E-state index contributed by atoms with van der Waals surface area (Å²) in [4.78, 5) is 11.7. The SMILES string of the molecule is Cc1cccc2c1C(C)CC2NC(=O)NCCCl. The van der Waals surface area contributed by atoms with Gasteiger partial charge in [0.15, 0.2) is 0 Å². The maximum atomic E-state index is 11.7. The fraction of sp³-hybridized carbons (Fsp3) is 0.500. The van der Waals surface area contributed by atoms with E-state index in [9.17, 15) is 4.79 Å². The number of carbonyl (C=O) groups excluding carboxylic acids is 1. The summed E-state index contributed by atoms with van der Waals surface area (Å²) in [5, 5.41) is 5.76. The van der Waals surface area contributed by atoms with Crippen molar-refractivity contribution in [3.63, 3.8) is 0 Å². The minimum absolute atomic E-state index is 0.116. The molecule has 2 N–H and O–H groups in total. The number of hydrogen-bond donors (Lipinski definition) is 2. The number of rotatable bonds is 3. The number of benzene rings is 1. The van der Waals surface area contributed by atoms with Crippen LogP contribution >= 0.6 is 11.6 Å². The lowest BCUT2D eigenvalue weighted by Gasteiger charge is -2.14. The van der Waals surface area contributed by atoms with E-state index >= 15 is 0 Å². The third-order valence-corrected chi connectivity index (χ3v) is 3.69. The van der Waals surface area contributed by atoms with E-state index in [2.05, 4.69) is 42.7 Å². The Balaban J connectivity index is 2.10. The van der Waals surface area contributed by atoms with Crippen molar-refractivity contribution in [2.45, 2.75) is 32.2 Å². The van der Waals surface area contributed by atoms with Gasteiger partial charge in [-0.15, -0.1) is 11.6 Å². The number of fused-ring (bicyclic) bond motifs is 1. The van der Waals surface area contributed by atoms with Gasteiger partial charge in [-0.1, -0.05) is 25.1 Å². The number of aryl methyl sites for hydroxylation is 1. The molecule has 1 aliphatic rings. The molecule has 0 radical (unpaired) electrons. The van der Waals surface area contributed by atoms with E-state index in [1.54, 1.807) is 0 Å². The van der Waals surface area contributed by atoms with Gasteiger partial charge in [-0.25, -0.2) is 4.79 Å². The van der Waals surface area contributed by atoms with E-state index in [0.717, 1.165) is 6.42 Å². The largest absolute Gasteiger partial charge is 0.337 e. The topological polar surface area (TPSA) is 41.1 Å². The maximum Gasteiger partial charge on any atom is 0.315 e. The Kier molecular flexibility index (Phi) is 4.12. The second kappa shape index (κ2) is 5.61. The monoisotopic (exact) mass is 266 g/mol. The summed E-state index contributed by atoms with van der Waals surface area (Å²) in [6.45, 7) is 4.84. The Hall–Kier alpha value is -1.22. The third kappa shape index (κ3) is 2.61. The van der Waals surface area contributed by atoms with Crippen LogP contribution in [0.1, 0.15) is 42.0 Å². The molecule has 0 aliphatic heterocycles. The number of halogens is 1. The zero-order chi connectivity index (χ0) is 13.1. The van der Waals surface area contributed by atoms with Crippen molar-refractivity contribution in [3.8, 4) is 0 Å². The zero-order valence-electron chi connectivity index (χ0n) is 10.8. The molecule has 2 amide bonds. The highest BCUT2D eigenvalue weighted by atomic mass is 35.5. The molecular formula is C14H19ClN2O. The summed E-state index contributed by atoms with van der Waals surface area (Å²) in [5.74, 6) is 0.934. The zero-order valence-corrected chi connectivity index (χ0v) is 11.6. The Bertz CT molecular complexity index is 447. The van der Waals surface area contributed by atoms with Crippen LogP contribution in [0.2, 0.25) is 0 Å². The highest BCUT2D eigenvalue weighted by Gasteiger charge is 2.30. The van der Waals surface area contributed by atoms with Crippen molar-refractivity contribution in [1.29, 1.82) is 0 Å². The minimum atomic E-state index is -0.137. The highest BCUT2D eigenvalue weighted by Crippen LogP contribution is 2.41.